The number of nitrogens with zero attached hydrogens (tertiary/aromatic N) is 6. The maximum absolute atomic E-state index is 5.57. The van der Waals surface area contributed by atoms with Gasteiger partial charge in [-0.05, 0) is 17.4 Å². The molecule has 1 fully saturated rings. The zero-order chi connectivity index (χ0) is 12.5. The summed E-state index contributed by atoms with van der Waals surface area (Å²) in [5.41, 5.74) is 5.87. The summed E-state index contributed by atoms with van der Waals surface area (Å²) < 4.78 is 9.70. The van der Waals surface area contributed by atoms with E-state index in [0.29, 0.717) is 17.5 Å². The van der Waals surface area contributed by atoms with Gasteiger partial charge < -0.3 is 20.1 Å². The van der Waals surface area contributed by atoms with Crippen molar-refractivity contribution in [3.8, 4) is 11.5 Å². The van der Waals surface area contributed by atoms with E-state index in [1.165, 1.54) is 0 Å². The molecule has 0 amide bonds. The second-order valence-corrected chi connectivity index (χ2v) is 4.19. The molecule has 1 aliphatic rings. The highest BCUT2D eigenvalue weighted by Crippen LogP contribution is 2.22. The molecule has 0 radical (unpaired) electrons. The van der Waals surface area contributed by atoms with E-state index in [1.54, 1.807) is 0 Å². The predicted molar refractivity (Wildman–Crippen MR) is 61.7 cm³/mol. The Labute approximate surface area is 102 Å². The molecule has 3 rings (SSSR count). The number of aromatic nitrogens is 4. The quantitative estimate of drug-likeness (QED) is 0.751. The molecular weight excluding hydrogens is 238 g/mol. The lowest BCUT2D eigenvalue weighted by molar-refractivity contribution is 0.298. The summed E-state index contributed by atoms with van der Waals surface area (Å²) in [6.45, 7) is 3.63. The number of hydrogen-bond donors (Lipinski definition) is 1. The fraction of sp³-hybridized carbons (Fsp3) is 0.556. The highest BCUT2D eigenvalue weighted by molar-refractivity contribution is 5.62. The number of likely N-dealkylation sites (N-methyl/N-ethyl adjacent to an activating group) is 1. The summed E-state index contributed by atoms with van der Waals surface area (Å²) in [5.74, 6) is 0.448. The van der Waals surface area contributed by atoms with E-state index in [9.17, 15) is 0 Å². The maximum Gasteiger partial charge on any atom is 0.324 e. The standard InChI is InChI=1S/C9H13N7O2/c1-15-2-4-16(5-3-15)9-11-8(14-17-9)6-7(10)13-18-12-6/h2-5H2,1H3,(H2,10,13). The third-order valence-corrected chi connectivity index (χ3v) is 2.91. The van der Waals surface area contributed by atoms with Gasteiger partial charge in [0.05, 0.1) is 0 Å². The third-order valence-electron chi connectivity index (χ3n) is 2.91. The summed E-state index contributed by atoms with van der Waals surface area (Å²) in [4.78, 5) is 8.52. The van der Waals surface area contributed by atoms with Gasteiger partial charge >= 0.3 is 6.01 Å². The molecule has 9 heteroatoms. The van der Waals surface area contributed by atoms with Crippen molar-refractivity contribution in [3.05, 3.63) is 0 Å². The number of hydrogen-bond acceptors (Lipinski definition) is 9. The van der Waals surface area contributed by atoms with E-state index in [0.717, 1.165) is 26.2 Å². The van der Waals surface area contributed by atoms with E-state index in [-0.39, 0.29) is 5.82 Å². The summed E-state index contributed by atoms with van der Waals surface area (Å²) in [5, 5.41) is 10.9. The Kier molecular flexibility index (Phi) is 2.59. The normalized spacial score (nSPS) is 17.3. The molecule has 1 saturated heterocycles. The highest BCUT2D eigenvalue weighted by atomic mass is 16.6. The molecular formula is C9H13N7O2. The molecule has 2 aromatic rings. The van der Waals surface area contributed by atoms with Crippen LogP contribution in [0, 0.1) is 0 Å². The van der Waals surface area contributed by atoms with Crippen LogP contribution in [-0.2, 0) is 0 Å². The van der Waals surface area contributed by atoms with E-state index in [2.05, 4.69) is 37.0 Å². The molecule has 18 heavy (non-hydrogen) atoms. The van der Waals surface area contributed by atoms with Crippen LogP contribution in [0.4, 0.5) is 11.8 Å². The molecule has 0 spiro atoms. The van der Waals surface area contributed by atoms with Crippen LogP contribution in [-0.4, -0.2) is 58.6 Å². The van der Waals surface area contributed by atoms with Gasteiger partial charge in [-0.2, -0.15) is 4.98 Å². The highest BCUT2D eigenvalue weighted by Gasteiger charge is 2.22. The van der Waals surface area contributed by atoms with Crippen LogP contribution in [0.1, 0.15) is 0 Å². The fourth-order valence-electron chi connectivity index (χ4n) is 1.79. The van der Waals surface area contributed by atoms with Crippen molar-refractivity contribution in [3.63, 3.8) is 0 Å². The predicted octanol–water partition coefficient (Wildman–Crippen LogP) is -0.546. The van der Waals surface area contributed by atoms with Crippen LogP contribution in [0.3, 0.4) is 0 Å². The summed E-state index contributed by atoms with van der Waals surface area (Å²) in [7, 11) is 2.08. The van der Waals surface area contributed by atoms with Crippen LogP contribution in [0.2, 0.25) is 0 Å². The van der Waals surface area contributed by atoms with Crippen LogP contribution in [0.5, 0.6) is 0 Å². The zero-order valence-electron chi connectivity index (χ0n) is 9.91. The molecule has 0 unspecified atom stereocenters. The van der Waals surface area contributed by atoms with Gasteiger partial charge in [-0.3, -0.25) is 0 Å². The Bertz CT molecular complexity index is 529. The van der Waals surface area contributed by atoms with Gasteiger partial charge in [0.25, 0.3) is 0 Å². The number of piperazine rings is 1. The van der Waals surface area contributed by atoms with Crippen molar-refractivity contribution in [1.29, 1.82) is 0 Å². The number of nitrogens with two attached hydrogens (primary N) is 1. The molecule has 96 valence electrons. The average molecular weight is 251 g/mol. The van der Waals surface area contributed by atoms with E-state index < -0.39 is 0 Å². The fourth-order valence-corrected chi connectivity index (χ4v) is 1.79. The topological polar surface area (TPSA) is 110 Å². The van der Waals surface area contributed by atoms with Gasteiger partial charge in [0.2, 0.25) is 5.82 Å². The van der Waals surface area contributed by atoms with E-state index in [4.69, 9.17) is 10.3 Å². The van der Waals surface area contributed by atoms with Crippen LogP contribution in [0.25, 0.3) is 11.5 Å². The molecule has 0 saturated carbocycles. The first-order chi connectivity index (χ1) is 8.74. The maximum atomic E-state index is 5.57. The summed E-state index contributed by atoms with van der Waals surface area (Å²) >= 11 is 0. The molecule has 1 aliphatic heterocycles. The molecule has 2 N–H and O–H groups in total. The summed E-state index contributed by atoms with van der Waals surface area (Å²) in [6.07, 6.45) is 0. The first-order valence-corrected chi connectivity index (χ1v) is 5.59. The minimum Gasteiger partial charge on any atom is -0.379 e. The third kappa shape index (κ3) is 1.88. The molecule has 0 aromatic carbocycles. The average Bonchev–Trinajstić information content (AvgIpc) is 2.98. The number of nitrogen functional groups attached to an aromatic ring is 1. The van der Waals surface area contributed by atoms with Gasteiger partial charge in [0.15, 0.2) is 11.5 Å². The second kappa shape index (κ2) is 4.26. The van der Waals surface area contributed by atoms with Crippen molar-refractivity contribution in [2.45, 2.75) is 0 Å². The second-order valence-electron chi connectivity index (χ2n) is 4.19. The van der Waals surface area contributed by atoms with Crippen LogP contribution < -0.4 is 10.6 Å². The first-order valence-electron chi connectivity index (χ1n) is 5.59. The zero-order valence-corrected chi connectivity index (χ0v) is 9.91. The monoisotopic (exact) mass is 251 g/mol. The number of rotatable bonds is 2. The molecule has 9 nitrogen and oxygen atoms in total. The van der Waals surface area contributed by atoms with Crippen molar-refractivity contribution < 1.29 is 9.15 Å². The molecule has 3 heterocycles. The minimum atomic E-state index is 0.153. The number of anilines is 2. The van der Waals surface area contributed by atoms with Gasteiger partial charge in [-0.25, -0.2) is 4.63 Å². The Morgan fingerprint density at radius 2 is 1.89 bits per heavy atom. The van der Waals surface area contributed by atoms with Crippen molar-refractivity contribution >= 4 is 11.8 Å². The van der Waals surface area contributed by atoms with Crippen molar-refractivity contribution in [2.75, 3.05) is 43.9 Å². The molecule has 2 aromatic heterocycles. The van der Waals surface area contributed by atoms with Gasteiger partial charge in [-0.1, -0.05) is 5.16 Å². The van der Waals surface area contributed by atoms with Gasteiger partial charge in [-0.15, -0.1) is 0 Å². The van der Waals surface area contributed by atoms with Crippen molar-refractivity contribution in [2.24, 2.45) is 0 Å². The Balaban J connectivity index is 1.80. The Morgan fingerprint density at radius 1 is 1.11 bits per heavy atom. The molecule has 0 bridgehead atoms. The Hall–Kier alpha value is -2.16. The SMILES string of the molecule is CN1CCN(c2nc(-c3nonc3N)no2)CC1. The van der Waals surface area contributed by atoms with E-state index >= 15 is 0 Å². The van der Waals surface area contributed by atoms with Gasteiger partial charge in [0, 0.05) is 26.2 Å². The molecule has 0 atom stereocenters. The lowest BCUT2D eigenvalue weighted by atomic mass is 10.3. The van der Waals surface area contributed by atoms with E-state index in [1.807, 2.05) is 4.90 Å². The summed E-state index contributed by atoms with van der Waals surface area (Å²) in [6, 6.07) is 0.473. The lowest BCUT2D eigenvalue weighted by Gasteiger charge is -2.30. The first kappa shape index (κ1) is 11.0. The largest absolute Gasteiger partial charge is 0.379 e. The lowest BCUT2D eigenvalue weighted by Crippen LogP contribution is -2.44. The Morgan fingerprint density at radius 3 is 2.56 bits per heavy atom. The van der Waals surface area contributed by atoms with Crippen LogP contribution >= 0.6 is 0 Å². The van der Waals surface area contributed by atoms with Crippen LogP contribution in [0.15, 0.2) is 9.15 Å². The van der Waals surface area contributed by atoms with Crippen molar-refractivity contribution in [1.82, 2.24) is 25.4 Å². The smallest absolute Gasteiger partial charge is 0.324 e. The minimum absolute atomic E-state index is 0.153. The van der Waals surface area contributed by atoms with Gasteiger partial charge in [0.1, 0.15) is 0 Å². The molecule has 0 aliphatic carbocycles.